The second-order valence-electron chi connectivity index (χ2n) is 4.65. The first-order chi connectivity index (χ1) is 8.67. The number of anilines is 1. The molecule has 18 heavy (non-hydrogen) atoms. The Morgan fingerprint density at radius 2 is 1.89 bits per heavy atom. The number of amides is 1. The zero-order chi connectivity index (χ0) is 13.4. The molecule has 3 nitrogen and oxygen atoms in total. The van der Waals surface area contributed by atoms with Gasteiger partial charge in [0.15, 0.2) is 0 Å². The molecular weight excluding hydrogens is 224 g/mol. The Labute approximate surface area is 110 Å². The molecule has 0 aliphatic rings. The molecule has 0 radical (unpaired) electrons. The molecule has 0 saturated heterocycles. The van der Waals surface area contributed by atoms with E-state index in [4.69, 9.17) is 0 Å². The lowest BCUT2D eigenvalue weighted by Crippen LogP contribution is -2.35. The molecule has 0 aliphatic heterocycles. The van der Waals surface area contributed by atoms with Gasteiger partial charge in [0, 0.05) is 5.69 Å². The van der Waals surface area contributed by atoms with E-state index in [1.165, 1.54) is 24.8 Å². The molecule has 0 heterocycles. The van der Waals surface area contributed by atoms with Crippen LogP contribution in [0.3, 0.4) is 0 Å². The van der Waals surface area contributed by atoms with Crippen LogP contribution in [0.1, 0.15) is 38.7 Å². The normalized spacial score (nSPS) is 12.2. The van der Waals surface area contributed by atoms with Gasteiger partial charge in [-0.1, -0.05) is 31.9 Å². The SMILES string of the molecule is CCCCCc1ccc(NC(=O)C(C)NC)cc1. The number of unbranched alkanes of at least 4 members (excludes halogenated alkanes) is 2. The molecule has 0 fully saturated rings. The number of likely N-dealkylation sites (N-methyl/N-ethyl adjacent to an activating group) is 1. The van der Waals surface area contributed by atoms with Gasteiger partial charge in [0.25, 0.3) is 0 Å². The monoisotopic (exact) mass is 248 g/mol. The number of rotatable bonds is 7. The second kappa shape index (κ2) is 7.88. The molecule has 1 atom stereocenters. The summed E-state index contributed by atoms with van der Waals surface area (Å²) in [7, 11) is 1.78. The van der Waals surface area contributed by atoms with Gasteiger partial charge in [-0.2, -0.15) is 0 Å². The number of aryl methyl sites for hydroxylation is 1. The molecule has 1 amide bonds. The fourth-order valence-electron chi connectivity index (χ4n) is 1.72. The van der Waals surface area contributed by atoms with Crippen LogP contribution in [-0.2, 0) is 11.2 Å². The minimum atomic E-state index is -0.172. The maximum Gasteiger partial charge on any atom is 0.241 e. The molecule has 0 aliphatic carbocycles. The van der Waals surface area contributed by atoms with Gasteiger partial charge in [-0.25, -0.2) is 0 Å². The average Bonchev–Trinajstić information content (AvgIpc) is 2.40. The summed E-state index contributed by atoms with van der Waals surface area (Å²) in [5, 5.41) is 5.80. The highest BCUT2D eigenvalue weighted by Crippen LogP contribution is 2.12. The summed E-state index contributed by atoms with van der Waals surface area (Å²) < 4.78 is 0. The maximum atomic E-state index is 11.7. The lowest BCUT2D eigenvalue weighted by Gasteiger charge is -2.11. The van der Waals surface area contributed by atoms with Gasteiger partial charge in [-0.3, -0.25) is 4.79 Å². The summed E-state index contributed by atoms with van der Waals surface area (Å²) in [6.45, 7) is 4.05. The molecule has 0 spiro atoms. The molecule has 0 saturated carbocycles. The van der Waals surface area contributed by atoms with Gasteiger partial charge in [-0.15, -0.1) is 0 Å². The second-order valence-corrected chi connectivity index (χ2v) is 4.65. The number of hydrogen-bond donors (Lipinski definition) is 2. The lowest BCUT2D eigenvalue weighted by molar-refractivity contribution is -0.117. The standard InChI is InChI=1S/C15H24N2O/c1-4-5-6-7-13-8-10-14(11-9-13)17-15(18)12(2)16-3/h8-12,16H,4-7H2,1-3H3,(H,17,18). The van der Waals surface area contributed by atoms with Crippen LogP contribution >= 0.6 is 0 Å². The van der Waals surface area contributed by atoms with Gasteiger partial charge in [0.1, 0.15) is 0 Å². The van der Waals surface area contributed by atoms with Crippen molar-refractivity contribution in [1.29, 1.82) is 0 Å². The highest BCUT2D eigenvalue weighted by molar-refractivity contribution is 5.94. The van der Waals surface area contributed by atoms with E-state index in [2.05, 4.69) is 29.7 Å². The Morgan fingerprint density at radius 1 is 1.22 bits per heavy atom. The van der Waals surface area contributed by atoms with Crippen LogP contribution in [-0.4, -0.2) is 19.0 Å². The van der Waals surface area contributed by atoms with Crippen LogP contribution in [0, 0.1) is 0 Å². The van der Waals surface area contributed by atoms with E-state index in [0.717, 1.165) is 12.1 Å². The molecule has 1 aromatic carbocycles. The Balaban J connectivity index is 2.47. The van der Waals surface area contributed by atoms with Crippen LogP contribution in [0.2, 0.25) is 0 Å². The summed E-state index contributed by atoms with van der Waals surface area (Å²) in [6.07, 6.45) is 4.88. The first kappa shape index (κ1) is 14.7. The Hall–Kier alpha value is -1.35. The molecule has 100 valence electrons. The van der Waals surface area contributed by atoms with Crippen molar-refractivity contribution in [3.63, 3.8) is 0 Å². The number of carbonyl (C=O) groups excluding carboxylic acids is 1. The van der Waals surface area contributed by atoms with Crippen molar-refractivity contribution in [2.24, 2.45) is 0 Å². The highest BCUT2D eigenvalue weighted by atomic mass is 16.2. The van der Waals surface area contributed by atoms with E-state index in [-0.39, 0.29) is 11.9 Å². The summed E-state index contributed by atoms with van der Waals surface area (Å²) >= 11 is 0. The molecule has 0 bridgehead atoms. The molecular formula is C15H24N2O. The number of benzene rings is 1. The summed E-state index contributed by atoms with van der Waals surface area (Å²) in [5.41, 5.74) is 2.20. The topological polar surface area (TPSA) is 41.1 Å². The Morgan fingerprint density at radius 3 is 2.44 bits per heavy atom. The van der Waals surface area contributed by atoms with E-state index in [1.807, 2.05) is 19.1 Å². The first-order valence-corrected chi connectivity index (χ1v) is 6.74. The molecule has 1 aromatic rings. The number of hydrogen-bond acceptors (Lipinski definition) is 2. The third kappa shape index (κ3) is 4.88. The van der Waals surface area contributed by atoms with Crippen molar-refractivity contribution in [2.75, 3.05) is 12.4 Å². The van der Waals surface area contributed by atoms with E-state index >= 15 is 0 Å². The number of nitrogens with one attached hydrogen (secondary N) is 2. The van der Waals surface area contributed by atoms with E-state index in [1.54, 1.807) is 7.05 Å². The van der Waals surface area contributed by atoms with Crippen LogP contribution in [0.15, 0.2) is 24.3 Å². The van der Waals surface area contributed by atoms with E-state index in [9.17, 15) is 4.79 Å². The van der Waals surface area contributed by atoms with Crippen LogP contribution in [0.4, 0.5) is 5.69 Å². The van der Waals surface area contributed by atoms with E-state index < -0.39 is 0 Å². The van der Waals surface area contributed by atoms with Crippen molar-refractivity contribution in [3.8, 4) is 0 Å². The van der Waals surface area contributed by atoms with Crippen molar-refractivity contribution < 1.29 is 4.79 Å². The zero-order valence-corrected chi connectivity index (χ0v) is 11.6. The van der Waals surface area contributed by atoms with Gasteiger partial charge in [-0.05, 0) is 44.5 Å². The molecule has 0 aromatic heterocycles. The largest absolute Gasteiger partial charge is 0.325 e. The molecule has 3 heteroatoms. The predicted molar refractivity (Wildman–Crippen MR) is 76.8 cm³/mol. The van der Waals surface area contributed by atoms with Crippen LogP contribution < -0.4 is 10.6 Å². The minimum Gasteiger partial charge on any atom is -0.325 e. The lowest BCUT2D eigenvalue weighted by atomic mass is 10.1. The Kier molecular flexibility index (Phi) is 6.44. The average molecular weight is 248 g/mol. The summed E-state index contributed by atoms with van der Waals surface area (Å²) in [4.78, 5) is 11.7. The number of carbonyl (C=O) groups is 1. The fraction of sp³-hybridized carbons (Fsp3) is 0.533. The van der Waals surface area contributed by atoms with Gasteiger partial charge in [0.2, 0.25) is 5.91 Å². The fourth-order valence-corrected chi connectivity index (χ4v) is 1.72. The van der Waals surface area contributed by atoms with Crippen molar-refractivity contribution in [1.82, 2.24) is 5.32 Å². The van der Waals surface area contributed by atoms with Crippen molar-refractivity contribution in [3.05, 3.63) is 29.8 Å². The minimum absolute atomic E-state index is 0.00349. The van der Waals surface area contributed by atoms with Crippen molar-refractivity contribution >= 4 is 11.6 Å². The molecule has 1 rings (SSSR count). The van der Waals surface area contributed by atoms with Gasteiger partial charge >= 0.3 is 0 Å². The van der Waals surface area contributed by atoms with Gasteiger partial charge in [0.05, 0.1) is 6.04 Å². The maximum absolute atomic E-state index is 11.7. The van der Waals surface area contributed by atoms with Crippen molar-refractivity contribution in [2.45, 2.75) is 45.6 Å². The summed E-state index contributed by atoms with van der Waals surface area (Å²) in [5.74, 6) is -0.00349. The zero-order valence-electron chi connectivity index (χ0n) is 11.6. The molecule has 1 unspecified atom stereocenters. The first-order valence-electron chi connectivity index (χ1n) is 6.74. The van der Waals surface area contributed by atoms with Crippen LogP contribution in [0.5, 0.6) is 0 Å². The third-order valence-corrected chi connectivity index (χ3v) is 3.12. The quantitative estimate of drug-likeness (QED) is 0.728. The smallest absolute Gasteiger partial charge is 0.241 e. The van der Waals surface area contributed by atoms with Gasteiger partial charge < -0.3 is 10.6 Å². The van der Waals surface area contributed by atoms with E-state index in [0.29, 0.717) is 0 Å². The third-order valence-electron chi connectivity index (χ3n) is 3.12. The van der Waals surface area contributed by atoms with Crippen LogP contribution in [0.25, 0.3) is 0 Å². The summed E-state index contributed by atoms with van der Waals surface area (Å²) in [6, 6.07) is 7.96. The highest BCUT2D eigenvalue weighted by Gasteiger charge is 2.09. The Bertz CT molecular complexity index is 359. The predicted octanol–water partition coefficient (Wildman–Crippen LogP) is 2.97. The molecule has 2 N–H and O–H groups in total.